The van der Waals surface area contributed by atoms with Gasteiger partial charge in [0.05, 0.1) is 11.9 Å². The third kappa shape index (κ3) is 4.05. The number of piperazine rings is 1. The molecule has 1 amide bonds. The van der Waals surface area contributed by atoms with Crippen molar-refractivity contribution in [1.29, 1.82) is 0 Å². The zero-order chi connectivity index (χ0) is 19.5. The minimum atomic E-state index is -0.0636. The van der Waals surface area contributed by atoms with Gasteiger partial charge in [-0.2, -0.15) is 4.98 Å². The van der Waals surface area contributed by atoms with Crippen LogP contribution in [0.25, 0.3) is 0 Å². The first-order chi connectivity index (χ1) is 13.6. The molecule has 8 heteroatoms. The first kappa shape index (κ1) is 18.6. The molecule has 2 aliphatic rings. The molecule has 28 heavy (non-hydrogen) atoms. The molecule has 2 saturated heterocycles. The van der Waals surface area contributed by atoms with Crippen molar-refractivity contribution in [2.24, 2.45) is 0 Å². The Morgan fingerprint density at radius 2 is 1.57 bits per heavy atom. The number of rotatable bonds is 3. The number of aromatic nitrogens is 4. The summed E-state index contributed by atoms with van der Waals surface area (Å²) < 4.78 is 0. The van der Waals surface area contributed by atoms with Crippen LogP contribution in [-0.2, 0) is 0 Å². The molecule has 4 rings (SSSR count). The molecule has 2 aromatic heterocycles. The maximum absolute atomic E-state index is 12.6. The van der Waals surface area contributed by atoms with Crippen LogP contribution in [0.3, 0.4) is 0 Å². The highest BCUT2D eigenvalue weighted by Crippen LogP contribution is 2.22. The van der Waals surface area contributed by atoms with Gasteiger partial charge in [-0.05, 0) is 33.1 Å². The summed E-state index contributed by atoms with van der Waals surface area (Å²) in [5, 5.41) is 0. The molecule has 0 unspecified atom stereocenters. The Hall–Kier alpha value is -2.77. The van der Waals surface area contributed by atoms with E-state index in [2.05, 4.69) is 30.8 Å². The standard InChI is InChI=1S/C20H27N7O/c1-15-12-18(25-6-4-3-5-7-25)24-20(23-15)27-10-8-26(9-11-27)19(28)17-14-21-16(2)13-22-17/h12-14H,3-11H2,1-2H3. The Morgan fingerprint density at radius 3 is 2.25 bits per heavy atom. The van der Waals surface area contributed by atoms with Crippen LogP contribution >= 0.6 is 0 Å². The van der Waals surface area contributed by atoms with E-state index in [1.54, 1.807) is 12.4 Å². The van der Waals surface area contributed by atoms with Gasteiger partial charge in [0, 0.05) is 57.2 Å². The fourth-order valence-corrected chi connectivity index (χ4v) is 3.74. The van der Waals surface area contributed by atoms with Crippen LogP contribution in [-0.4, -0.2) is 70.0 Å². The predicted octanol–water partition coefficient (Wildman–Crippen LogP) is 1.84. The SMILES string of the molecule is Cc1cnc(C(=O)N2CCN(c3nc(C)cc(N4CCCCC4)n3)CC2)cn1. The second kappa shape index (κ2) is 8.08. The van der Waals surface area contributed by atoms with Gasteiger partial charge >= 0.3 is 0 Å². The molecule has 0 spiro atoms. The van der Waals surface area contributed by atoms with Gasteiger partial charge in [0.2, 0.25) is 5.95 Å². The van der Waals surface area contributed by atoms with Gasteiger partial charge in [-0.25, -0.2) is 9.97 Å². The van der Waals surface area contributed by atoms with E-state index < -0.39 is 0 Å². The highest BCUT2D eigenvalue weighted by molar-refractivity contribution is 5.92. The fourth-order valence-electron chi connectivity index (χ4n) is 3.74. The third-order valence-electron chi connectivity index (χ3n) is 5.36. The average molecular weight is 381 g/mol. The number of hydrogen-bond donors (Lipinski definition) is 0. The van der Waals surface area contributed by atoms with Crippen molar-refractivity contribution in [2.75, 3.05) is 49.1 Å². The van der Waals surface area contributed by atoms with E-state index in [1.807, 2.05) is 18.7 Å². The number of nitrogens with zero attached hydrogens (tertiary/aromatic N) is 7. The number of amides is 1. The summed E-state index contributed by atoms with van der Waals surface area (Å²) in [6.07, 6.45) is 6.93. The molecular weight excluding hydrogens is 354 g/mol. The largest absolute Gasteiger partial charge is 0.356 e. The first-order valence-corrected chi connectivity index (χ1v) is 10.0. The van der Waals surface area contributed by atoms with Crippen molar-refractivity contribution in [3.05, 3.63) is 35.5 Å². The maximum atomic E-state index is 12.6. The Morgan fingerprint density at radius 1 is 0.821 bits per heavy atom. The molecule has 2 aromatic rings. The average Bonchev–Trinajstić information content (AvgIpc) is 2.74. The van der Waals surface area contributed by atoms with Gasteiger partial charge in [-0.1, -0.05) is 0 Å². The zero-order valence-electron chi connectivity index (χ0n) is 16.6. The van der Waals surface area contributed by atoms with Crippen LogP contribution in [0.2, 0.25) is 0 Å². The number of hydrogen-bond acceptors (Lipinski definition) is 7. The Labute approximate surface area is 165 Å². The van der Waals surface area contributed by atoms with Crippen molar-refractivity contribution in [2.45, 2.75) is 33.1 Å². The van der Waals surface area contributed by atoms with E-state index >= 15 is 0 Å². The summed E-state index contributed by atoms with van der Waals surface area (Å²) in [7, 11) is 0. The lowest BCUT2D eigenvalue weighted by atomic mass is 10.1. The molecule has 0 N–H and O–H groups in total. The lowest BCUT2D eigenvalue weighted by Crippen LogP contribution is -2.49. The maximum Gasteiger partial charge on any atom is 0.274 e. The molecule has 0 aromatic carbocycles. The summed E-state index contributed by atoms with van der Waals surface area (Å²) in [5.41, 5.74) is 2.19. The molecule has 8 nitrogen and oxygen atoms in total. The molecule has 2 aliphatic heterocycles. The van der Waals surface area contributed by atoms with Gasteiger partial charge in [0.1, 0.15) is 11.5 Å². The quantitative estimate of drug-likeness (QED) is 0.803. The number of aryl methyl sites for hydroxylation is 2. The highest BCUT2D eigenvalue weighted by atomic mass is 16.2. The first-order valence-electron chi connectivity index (χ1n) is 10.0. The van der Waals surface area contributed by atoms with E-state index in [9.17, 15) is 4.79 Å². The van der Waals surface area contributed by atoms with Crippen molar-refractivity contribution in [1.82, 2.24) is 24.8 Å². The van der Waals surface area contributed by atoms with Gasteiger partial charge in [0.25, 0.3) is 5.91 Å². The Bertz CT molecular complexity index is 825. The van der Waals surface area contributed by atoms with E-state index in [0.717, 1.165) is 36.2 Å². The number of carbonyl (C=O) groups excluding carboxylic acids is 1. The van der Waals surface area contributed by atoms with Crippen LogP contribution < -0.4 is 9.80 Å². The molecule has 148 valence electrons. The van der Waals surface area contributed by atoms with E-state index in [0.29, 0.717) is 31.9 Å². The van der Waals surface area contributed by atoms with E-state index in [1.165, 1.54) is 19.3 Å². The van der Waals surface area contributed by atoms with Crippen LogP contribution in [0.1, 0.15) is 41.1 Å². The van der Waals surface area contributed by atoms with Gasteiger partial charge in [-0.3, -0.25) is 9.78 Å². The third-order valence-corrected chi connectivity index (χ3v) is 5.36. The van der Waals surface area contributed by atoms with Gasteiger partial charge < -0.3 is 14.7 Å². The Balaban J connectivity index is 1.42. The zero-order valence-corrected chi connectivity index (χ0v) is 16.6. The minimum absolute atomic E-state index is 0.0636. The van der Waals surface area contributed by atoms with Crippen LogP contribution in [0.4, 0.5) is 11.8 Å². The van der Waals surface area contributed by atoms with E-state index in [-0.39, 0.29) is 5.91 Å². The van der Waals surface area contributed by atoms with Crippen LogP contribution in [0.15, 0.2) is 18.5 Å². The number of carbonyl (C=O) groups is 1. The van der Waals surface area contributed by atoms with Crippen molar-refractivity contribution >= 4 is 17.7 Å². The molecule has 4 heterocycles. The summed E-state index contributed by atoms with van der Waals surface area (Å²) in [5.74, 6) is 1.73. The van der Waals surface area contributed by atoms with E-state index in [4.69, 9.17) is 4.98 Å². The normalized spacial score (nSPS) is 17.7. The fraction of sp³-hybridized carbons (Fsp3) is 0.550. The lowest BCUT2D eigenvalue weighted by Gasteiger charge is -2.35. The molecule has 0 radical (unpaired) electrons. The monoisotopic (exact) mass is 381 g/mol. The molecule has 0 bridgehead atoms. The summed E-state index contributed by atoms with van der Waals surface area (Å²) in [4.78, 5) is 36.9. The minimum Gasteiger partial charge on any atom is -0.356 e. The number of piperidine rings is 1. The predicted molar refractivity (Wildman–Crippen MR) is 108 cm³/mol. The van der Waals surface area contributed by atoms with Crippen LogP contribution in [0, 0.1) is 13.8 Å². The summed E-state index contributed by atoms with van der Waals surface area (Å²) >= 11 is 0. The highest BCUT2D eigenvalue weighted by Gasteiger charge is 2.25. The van der Waals surface area contributed by atoms with Gasteiger partial charge in [0.15, 0.2) is 0 Å². The van der Waals surface area contributed by atoms with Gasteiger partial charge in [-0.15, -0.1) is 0 Å². The molecule has 2 fully saturated rings. The number of anilines is 2. The van der Waals surface area contributed by atoms with Crippen molar-refractivity contribution in [3.8, 4) is 0 Å². The van der Waals surface area contributed by atoms with Crippen LogP contribution in [0.5, 0.6) is 0 Å². The molecule has 0 atom stereocenters. The smallest absolute Gasteiger partial charge is 0.274 e. The second-order valence-electron chi connectivity index (χ2n) is 7.54. The Kier molecular flexibility index (Phi) is 5.36. The second-order valence-corrected chi connectivity index (χ2v) is 7.54. The molecular formula is C20H27N7O. The topological polar surface area (TPSA) is 78.4 Å². The summed E-state index contributed by atoms with van der Waals surface area (Å²) in [6.45, 7) is 8.71. The lowest BCUT2D eigenvalue weighted by molar-refractivity contribution is 0.0739. The van der Waals surface area contributed by atoms with Crippen molar-refractivity contribution in [3.63, 3.8) is 0 Å². The molecule has 0 saturated carbocycles. The molecule has 0 aliphatic carbocycles. The van der Waals surface area contributed by atoms with Crippen molar-refractivity contribution < 1.29 is 4.79 Å². The summed E-state index contributed by atoms with van der Waals surface area (Å²) in [6, 6.07) is 2.07.